The number of hydrogen-bond donors (Lipinski definition) is 1. The molecule has 0 atom stereocenters. The third-order valence-corrected chi connectivity index (χ3v) is 3.45. The van der Waals surface area contributed by atoms with Gasteiger partial charge in [-0.15, -0.1) is 0 Å². The number of aromatic nitrogens is 3. The molecule has 0 amide bonds. The second kappa shape index (κ2) is 5.36. The quantitative estimate of drug-likeness (QED) is 0.779. The van der Waals surface area contributed by atoms with Crippen LogP contribution in [0.1, 0.15) is 16.8 Å². The molecule has 2 heterocycles. The molecule has 2 aromatic heterocycles. The van der Waals surface area contributed by atoms with Crippen molar-refractivity contribution in [1.82, 2.24) is 14.5 Å². The number of halogens is 3. The Morgan fingerprint density at radius 1 is 1.09 bits per heavy atom. The average molecular weight is 305 g/mol. The molecule has 0 aliphatic carbocycles. The van der Waals surface area contributed by atoms with E-state index >= 15 is 0 Å². The second-order valence-corrected chi connectivity index (χ2v) is 5.15. The standard InChI is InChI=1S/C16H14F3N3/c1-22-10-14(16(17,18)19)21-15(22)13-4-2-11(3-5-13)8-12-6-7-20-9-12/h2-7,9-10,20H,8H2,1H3. The number of aromatic amines is 1. The number of benzene rings is 1. The number of alkyl halides is 3. The van der Waals surface area contributed by atoms with Crippen molar-refractivity contribution in [1.29, 1.82) is 0 Å². The van der Waals surface area contributed by atoms with Gasteiger partial charge in [0.25, 0.3) is 0 Å². The van der Waals surface area contributed by atoms with Crippen molar-refractivity contribution in [3.05, 3.63) is 65.7 Å². The molecule has 0 aliphatic rings. The topological polar surface area (TPSA) is 33.6 Å². The van der Waals surface area contributed by atoms with Gasteiger partial charge in [0.2, 0.25) is 0 Å². The summed E-state index contributed by atoms with van der Waals surface area (Å²) in [5.74, 6) is 0.306. The third-order valence-electron chi connectivity index (χ3n) is 3.45. The maximum atomic E-state index is 12.7. The molecule has 0 radical (unpaired) electrons. The summed E-state index contributed by atoms with van der Waals surface area (Å²) < 4.78 is 39.5. The molecule has 0 saturated carbocycles. The fourth-order valence-electron chi connectivity index (χ4n) is 2.35. The van der Waals surface area contributed by atoms with E-state index in [1.165, 1.54) is 4.57 Å². The van der Waals surface area contributed by atoms with Gasteiger partial charge < -0.3 is 9.55 Å². The van der Waals surface area contributed by atoms with Gasteiger partial charge in [0.15, 0.2) is 5.69 Å². The van der Waals surface area contributed by atoms with Crippen LogP contribution < -0.4 is 0 Å². The van der Waals surface area contributed by atoms with E-state index in [9.17, 15) is 13.2 Å². The fraction of sp³-hybridized carbons (Fsp3) is 0.188. The Labute approximate surface area is 125 Å². The number of nitrogens with one attached hydrogen (secondary N) is 1. The van der Waals surface area contributed by atoms with Gasteiger partial charge in [-0.05, 0) is 23.6 Å². The summed E-state index contributed by atoms with van der Waals surface area (Å²) in [5.41, 5.74) is 2.04. The van der Waals surface area contributed by atoms with Crippen LogP contribution in [-0.4, -0.2) is 14.5 Å². The molecule has 0 fully saturated rings. The Kier molecular flexibility index (Phi) is 3.52. The molecule has 0 spiro atoms. The van der Waals surface area contributed by atoms with Crippen LogP contribution >= 0.6 is 0 Å². The Morgan fingerprint density at radius 3 is 2.36 bits per heavy atom. The van der Waals surface area contributed by atoms with Crippen LogP contribution in [0, 0.1) is 0 Å². The molecule has 0 saturated heterocycles. The first-order chi connectivity index (χ1) is 10.4. The van der Waals surface area contributed by atoms with E-state index in [1.807, 2.05) is 30.6 Å². The van der Waals surface area contributed by atoms with Gasteiger partial charge in [-0.3, -0.25) is 0 Å². The lowest BCUT2D eigenvalue weighted by Gasteiger charge is -2.04. The van der Waals surface area contributed by atoms with Crippen molar-refractivity contribution in [2.75, 3.05) is 0 Å². The van der Waals surface area contributed by atoms with Crippen molar-refractivity contribution in [3.63, 3.8) is 0 Å². The fourth-order valence-corrected chi connectivity index (χ4v) is 2.35. The molecular formula is C16H14F3N3. The largest absolute Gasteiger partial charge is 0.434 e. The highest BCUT2D eigenvalue weighted by atomic mass is 19.4. The predicted molar refractivity (Wildman–Crippen MR) is 77.2 cm³/mol. The summed E-state index contributed by atoms with van der Waals surface area (Å²) >= 11 is 0. The minimum absolute atomic E-state index is 0.306. The zero-order chi connectivity index (χ0) is 15.7. The van der Waals surface area contributed by atoms with Gasteiger partial charge >= 0.3 is 6.18 Å². The van der Waals surface area contributed by atoms with Crippen molar-refractivity contribution in [2.45, 2.75) is 12.6 Å². The summed E-state index contributed by atoms with van der Waals surface area (Å²) in [4.78, 5) is 6.68. The smallest absolute Gasteiger partial charge is 0.367 e. The van der Waals surface area contributed by atoms with E-state index in [0.717, 1.165) is 23.7 Å². The van der Waals surface area contributed by atoms with Crippen molar-refractivity contribution in [3.8, 4) is 11.4 Å². The normalized spacial score (nSPS) is 11.8. The SMILES string of the molecule is Cn1cc(C(F)(F)F)nc1-c1ccc(Cc2cc[nH]c2)cc1. The maximum Gasteiger partial charge on any atom is 0.434 e. The van der Waals surface area contributed by atoms with Gasteiger partial charge in [-0.25, -0.2) is 4.98 Å². The van der Waals surface area contributed by atoms with Crippen LogP contribution in [0.2, 0.25) is 0 Å². The lowest BCUT2D eigenvalue weighted by Crippen LogP contribution is -2.04. The lowest BCUT2D eigenvalue weighted by atomic mass is 10.1. The monoisotopic (exact) mass is 305 g/mol. The highest BCUT2D eigenvalue weighted by molar-refractivity contribution is 5.56. The van der Waals surface area contributed by atoms with E-state index in [1.54, 1.807) is 19.2 Å². The molecule has 6 heteroatoms. The number of hydrogen-bond acceptors (Lipinski definition) is 1. The molecule has 1 aromatic carbocycles. The van der Waals surface area contributed by atoms with Crippen molar-refractivity contribution < 1.29 is 13.2 Å². The molecule has 114 valence electrons. The van der Waals surface area contributed by atoms with E-state index in [4.69, 9.17) is 0 Å². The Balaban J connectivity index is 1.85. The van der Waals surface area contributed by atoms with Crippen LogP contribution in [0.3, 0.4) is 0 Å². The van der Waals surface area contributed by atoms with E-state index < -0.39 is 11.9 Å². The summed E-state index contributed by atoms with van der Waals surface area (Å²) in [6, 6.07) is 9.39. The average Bonchev–Trinajstić information content (AvgIpc) is 3.09. The van der Waals surface area contributed by atoms with Crippen LogP contribution in [0.15, 0.2) is 48.9 Å². The predicted octanol–water partition coefficient (Wildman–Crippen LogP) is 4.02. The molecule has 3 nitrogen and oxygen atoms in total. The zero-order valence-corrected chi connectivity index (χ0v) is 11.9. The van der Waals surface area contributed by atoms with Crippen LogP contribution in [0.25, 0.3) is 11.4 Å². The number of aryl methyl sites for hydroxylation is 1. The summed E-state index contributed by atoms with van der Waals surface area (Å²) in [6.07, 6.45) is 1.13. The summed E-state index contributed by atoms with van der Waals surface area (Å²) in [7, 11) is 1.56. The molecule has 1 N–H and O–H groups in total. The van der Waals surface area contributed by atoms with Gasteiger partial charge in [-0.1, -0.05) is 24.3 Å². The molecular weight excluding hydrogens is 291 g/mol. The summed E-state index contributed by atoms with van der Waals surface area (Å²) in [5, 5.41) is 0. The first-order valence-corrected chi connectivity index (χ1v) is 6.75. The van der Waals surface area contributed by atoms with Crippen LogP contribution in [-0.2, 0) is 19.6 Å². The minimum Gasteiger partial charge on any atom is -0.367 e. The minimum atomic E-state index is -4.43. The van der Waals surface area contributed by atoms with E-state index in [2.05, 4.69) is 9.97 Å². The molecule has 0 aliphatic heterocycles. The number of imidazole rings is 1. The molecule has 0 unspecified atom stereocenters. The first kappa shape index (κ1) is 14.4. The van der Waals surface area contributed by atoms with Gasteiger partial charge in [0.1, 0.15) is 5.82 Å². The molecule has 0 bridgehead atoms. The zero-order valence-electron chi connectivity index (χ0n) is 11.9. The number of rotatable bonds is 3. The number of nitrogens with zero attached hydrogens (tertiary/aromatic N) is 2. The molecule has 3 rings (SSSR count). The lowest BCUT2D eigenvalue weighted by molar-refractivity contribution is -0.140. The van der Waals surface area contributed by atoms with Crippen LogP contribution in [0.4, 0.5) is 13.2 Å². The molecule has 22 heavy (non-hydrogen) atoms. The van der Waals surface area contributed by atoms with Gasteiger partial charge in [0, 0.05) is 31.2 Å². The van der Waals surface area contributed by atoms with E-state index in [0.29, 0.717) is 11.4 Å². The Bertz CT molecular complexity index is 753. The van der Waals surface area contributed by atoms with Crippen molar-refractivity contribution in [2.24, 2.45) is 7.05 Å². The van der Waals surface area contributed by atoms with Gasteiger partial charge in [0.05, 0.1) is 0 Å². The second-order valence-electron chi connectivity index (χ2n) is 5.15. The van der Waals surface area contributed by atoms with Crippen LogP contribution in [0.5, 0.6) is 0 Å². The highest BCUT2D eigenvalue weighted by Crippen LogP contribution is 2.30. The molecule has 3 aromatic rings. The van der Waals surface area contributed by atoms with Gasteiger partial charge in [-0.2, -0.15) is 13.2 Å². The summed E-state index contributed by atoms with van der Waals surface area (Å²) in [6.45, 7) is 0. The Morgan fingerprint density at radius 2 is 1.82 bits per heavy atom. The first-order valence-electron chi connectivity index (χ1n) is 6.75. The highest BCUT2D eigenvalue weighted by Gasteiger charge is 2.34. The number of H-pyrrole nitrogens is 1. The third kappa shape index (κ3) is 2.90. The Hall–Kier alpha value is -2.50. The van der Waals surface area contributed by atoms with Crippen molar-refractivity contribution >= 4 is 0 Å². The maximum absolute atomic E-state index is 12.7. The van der Waals surface area contributed by atoms with E-state index in [-0.39, 0.29) is 0 Å².